The number of ether oxygens (including phenoxy) is 3. The molecule has 2 saturated heterocycles. The summed E-state index contributed by atoms with van der Waals surface area (Å²) in [6, 6.07) is 5.87. The van der Waals surface area contributed by atoms with Crippen molar-refractivity contribution in [1.29, 1.82) is 0 Å². The predicted octanol–water partition coefficient (Wildman–Crippen LogP) is 1.18. The second kappa shape index (κ2) is 7.72. The maximum Gasteiger partial charge on any atom is 0.257 e. The number of carbonyl (C=O) groups is 1. The second-order valence-corrected chi connectivity index (χ2v) is 6.88. The molecule has 1 unspecified atom stereocenters. The van der Waals surface area contributed by atoms with Crippen molar-refractivity contribution in [2.75, 3.05) is 59.2 Å². The van der Waals surface area contributed by atoms with Gasteiger partial charge in [-0.15, -0.1) is 0 Å². The van der Waals surface area contributed by atoms with Crippen molar-refractivity contribution >= 4 is 5.91 Å². The minimum absolute atomic E-state index is 0.0676. The van der Waals surface area contributed by atoms with Gasteiger partial charge in [-0.2, -0.15) is 0 Å². The normalized spacial score (nSPS) is 23.5. The van der Waals surface area contributed by atoms with Crippen LogP contribution in [0.25, 0.3) is 0 Å². The fourth-order valence-electron chi connectivity index (χ4n) is 3.78. The number of amides is 1. The first-order valence-electron chi connectivity index (χ1n) is 9.27. The zero-order valence-corrected chi connectivity index (χ0v) is 14.6. The first-order valence-corrected chi connectivity index (χ1v) is 9.27. The maximum atomic E-state index is 12.8. The molecule has 4 rings (SSSR count). The van der Waals surface area contributed by atoms with Gasteiger partial charge in [0.15, 0.2) is 0 Å². The molecule has 6 nitrogen and oxygen atoms in total. The van der Waals surface area contributed by atoms with Crippen LogP contribution in [0.4, 0.5) is 0 Å². The highest BCUT2D eigenvalue weighted by Gasteiger charge is 2.30. The van der Waals surface area contributed by atoms with Crippen LogP contribution in [0.1, 0.15) is 22.3 Å². The number of rotatable bonds is 5. The molecular formula is C19H26N2O4. The molecule has 3 aliphatic rings. The molecule has 1 amide bonds. The van der Waals surface area contributed by atoms with Gasteiger partial charge in [-0.3, -0.25) is 9.69 Å². The summed E-state index contributed by atoms with van der Waals surface area (Å²) in [7, 11) is 0. The largest absolute Gasteiger partial charge is 0.492 e. The van der Waals surface area contributed by atoms with E-state index in [1.165, 1.54) is 0 Å². The van der Waals surface area contributed by atoms with E-state index in [1.54, 1.807) is 0 Å². The Labute approximate surface area is 148 Å². The van der Waals surface area contributed by atoms with Crippen molar-refractivity contribution in [3.63, 3.8) is 0 Å². The molecule has 0 radical (unpaired) electrons. The lowest BCUT2D eigenvalue weighted by atomic mass is 10.1. The predicted molar refractivity (Wildman–Crippen MR) is 93.2 cm³/mol. The van der Waals surface area contributed by atoms with E-state index in [-0.39, 0.29) is 12.0 Å². The molecule has 3 aliphatic heterocycles. The minimum atomic E-state index is 0.0676. The Morgan fingerprint density at radius 3 is 2.96 bits per heavy atom. The molecular weight excluding hydrogens is 320 g/mol. The third kappa shape index (κ3) is 3.81. The van der Waals surface area contributed by atoms with Gasteiger partial charge in [-0.05, 0) is 18.1 Å². The molecule has 0 aromatic heterocycles. The number of likely N-dealkylation sites (tertiary alicyclic amines) is 1. The molecule has 25 heavy (non-hydrogen) atoms. The molecule has 136 valence electrons. The standard InChI is InChI=1S/C19H26N2O4/c22-19(17-3-1-2-15-5-10-25-18(15)17)21-6-4-16(14-21)24-13-9-20-7-11-23-12-8-20/h1-3,16H,4-14H2. The van der Waals surface area contributed by atoms with E-state index in [9.17, 15) is 4.79 Å². The summed E-state index contributed by atoms with van der Waals surface area (Å²) in [6.07, 6.45) is 1.94. The van der Waals surface area contributed by atoms with Crippen LogP contribution in [-0.2, 0) is 15.9 Å². The van der Waals surface area contributed by atoms with Crippen molar-refractivity contribution in [3.05, 3.63) is 29.3 Å². The number of morpholine rings is 1. The van der Waals surface area contributed by atoms with Crippen molar-refractivity contribution < 1.29 is 19.0 Å². The number of fused-ring (bicyclic) bond motifs is 1. The van der Waals surface area contributed by atoms with E-state index < -0.39 is 0 Å². The molecule has 0 saturated carbocycles. The van der Waals surface area contributed by atoms with Crippen molar-refractivity contribution in [2.24, 2.45) is 0 Å². The van der Waals surface area contributed by atoms with E-state index in [1.807, 2.05) is 23.1 Å². The Morgan fingerprint density at radius 1 is 1.20 bits per heavy atom. The second-order valence-electron chi connectivity index (χ2n) is 6.88. The fraction of sp³-hybridized carbons (Fsp3) is 0.632. The number of nitrogens with zero attached hydrogens (tertiary/aromatic N) is 2. The number of hydrogen-bond donors (Lipinski definition) is 0. The summed E-state index contributed by atoms with van der Waals surface area (Å²) in [6.45, 7) is 7.35. The van der Waals surface area contributed by atoms with E-state index in [2.05, 4.69) is 4.90 Å². The van der Waals surface area contributed by atoms with Crippen LogP contribution in [-0.4, -0.2) is 81.0 Å². The first kappa shape index (κ1) is 16.8. The molecule has 2 fully saturated rings. The Bertz CT molecular complexity index is 615. The van der Waals surface area contributed by atoms with Crippen molar-refractivity contribution in [3.8, 4) is 5.75 Å². The highest BCUT2D eigenvalue weighted by Crippen LogP contribution is 2.31. The van der Waals surface area contributed by atoms with Gasteiger partial charge in [0.1, 0.15) is 5.75 Å². The van der Waals surface area contributed by atoms with E-state index >= 15 is 0 Å². The molecule has 0 N–H and O–H groups in total. The summed E-state index contributed by atoms with van der Waals surface area (Å²) >= 11 is 0. The molecule has 1 atom stereocenters. The van der Waals surface area contributed by atoms with Gasteiger partial charge in [0.25, 0.3) is 5.91 Å². The molecule has 1 aromatic rings. The van der Waals surface area contributed by atoms with Gasteiger partial charge in [-0.25, -0.2) is 0 Å². The SMILES string of the molecule is O=C(c1cccc2c1OCC2)N1CCC(OCCN2CCOCC2)C1. The number of para-hydroxylation sites is 1. The summed E-state index contributed by atoms with van der Waals surface area (Å²) in [5.74, 6) is 0.849. The quantitative estimate of drug-likeness (QED) is 0.801. The third-order valence-corrected chi connectivity index (χ3v) is 5.24. The van der Waals surface area contributed by atoms with E-state index in [4.69, 9.17) is 14.2 Å². The average molecular weight is 346 g/mol. The van der Waals surface area contributed by atoms with Crippen LogP contribution in [0.5, 0.6) is 5.75 Å². The topological polar surface area (TPSA) is 51.2 Å². The lowest BCUT2D eigenvalue weighted by molar-refractivity contribution is 0.00424. The van der Waals surface area contributed by atoms with Crippen LogP contribution in [0.2, 0.25) is 0 Å². The summed E-state index contributed by atoms with van der Waals surface area (Å²) in [5.41, 5.74) is 1.84. The third-order valence-electron chi connectivity index (χ3n) is 5.24. The maximum absolute atomic E-state index is 12.8. The fourth-order valence-corrected chi connectivity index (χ4v) is 3.78. The Balaban J connectivity index is 1.27. The number of hydrogen-bond acceptors (Lipinski definition) is 5. The van der Waals surface area contributed by atoms with Crippen LogP contribution >= 0.6 is 0 Å². The van der Waals surface area contributed by atoms with Gasteiger partial charge < -0.3 is 19.1 Å². The van der Waals surface area contributed by atoms with Gasteiger partial charge in [0, 0.05) is 39.1 Å². The Hall–Kier alpha value is -1.63. The summed E-state index contributed by atoms with van der Waals surface area (Å²) < 4.78 is 17.0. The number of carbonyl (C=O) groups excluding carboxylic acids is 1. The molecule has 1 aromatic carbocycles. The highest BCUT2D eigenvalue weighted by atomic mass is 16.5. The van der Waals surface area contributed by atoms with Crippen LogP contribution in [0.3, 0.4) is 0 Å². The van der Waals surface area contributed by atoms with Crippen LogP contribution < -0.4 is 4.74 Å². The minimum Gasteiger partial charge on any atom is -0.492 e. The van der Waals surface area contributed by atoms with Gasteiger partial charge >= 0.3 is 0 Å². The zero-order chi connectivity index (χ0) is 17.1. The highest BCUT2D eigenvalue weighted by molar-refractivity contribution is 5.97. The Kier molecular flexibility index (Phi) is 5.20. The first-order chi connectivity index (χ1) is 12.3. The van der Waals surface area contributed by atoms with E-state index in [0.29, 0.717) is 18.7 Å². The average Bonchev–Trinajstić information content (AvgIpc) is 3.31. The van der Waals surface area contributed by atoms with E-state index in [0.717, 1.165) is 70.2 Å². The van der Waals surface area contributed by atoms with Crippen LogP contribution in [0, 0.1) is 0 Å². The van der Waals surface area contributed by atoms with Crippen molar-refractivity contribution in [1.82, 2.24) is 9.80 Å². The number of benzene rings is 1. The molecule has 3 heterocycles. The van der Waals surface area contributed by atoms with Gasteiger partial charge in [0.2, 0.25) is 0 Å². The summed E-state index contributed by atoms with van der Waals surface area (Å²) in [5, 5.41) is 0. The molecule has 6 heteroatoms. The van der Waals surface area contributed by atoms with Gasteiger partial charge in [0.05, 0.1) is 38.1 Å². The lowest BCUT2D eigenvalue weighted by Gasteiger charge is -2.26. The molecule has 0 bridgehead atoms. The summed E-state index contributed by atoms with van der Waals surface area (Å²) in [4.78, 5) is 17.1. The smallest absolute Gasteiger partial charge is 0.257 e. The zero-order valence-electron chi connectivity index (χ0n) is 14.6. The van der Waals surface area contributed by atoms with Gasteiger partial charge in [-0.1, -0.05) is 12.1 Å². The Morgan fingerprint density at radius 2 is 2.08 bits per heavy atom. The molecule has 0 aliphatic carbocycles. The van der Waals surface area contributed by atoms with Crippen molar-refractivity contribution in [2.45, 2.75) is 18.9 Å². The monoisotopic (exact) mass is 346 g/mol. The lowest BCUT2D eigenvalue weighted by Crippen LogP contribution is -2.39. The van der Waals surface area contributed by atoms with Crippen LogP contribution in [0.15, 0.2) is 18.2 Å². The molecule has 0 spiro atoms.